The van der Waals surface area contributed by atoms with Gasteiger partial charge in [-0.15, -0.1) is 11.3 Å². The molecule has 1 aromatic heterocycles. The molecule has 0 spiro atoms. The average Bonchev–Trinajstić information content (AvgIpc) is 3.40. The molecule has 7 nitrogen and oxygen atoms in total. The van der Waals surface area contributed by atoms with Crippen molar-refractivity contribution in [1.82, 2.24) is 4.90 Å². The Kier molecular flexibility index (Phi) is 7.04. The third-order valence-electron chi connectivity index (χ3n) is 5.47. The number of hydrogen-bond donors (Lipinski definition) is 1. The van der Waals surface area contributed by atoms with Gasteiger partial charge in [0.1, 0.15) is 0 Å². The molecule has 0 radical (unpaired) electrons. The maximum absolute atomic E-state index is 12.8. The largest absolute Gasteiger partial charge is 0.449 e. The van der Waals surface area contributed by atoms with Crippen LogP contribution in [0.5, 0.6) is 0 Å². The fraction of sp³-hybridized carbons (Fsp3) is 0.240. The number of hydrogen-bond acceptors (Lipinski definition) is 6. The zero-order chi connectivity index (χ0) is 23.2. The molecule has 0 saturated carbocycles. The van der Waals surface area contributed by atoms with Gasteiger partial charge in [0.2, 0.25) is 0 Å². The van der Waals surface area contributed by atoms with Gasteiger partial charge in [-0.2, -0.15) is 0 Å². The van der Waals surface area contributed by atoms with Gasteiger partial charge < -0.3 is 19.9 Å². The molecule has 33 heavy (non-hydrogen) atoms. The van der Waals surface area contributed by atoms with Crippen molar-refractivity contribution in [2.75, 3.05) is 36.4 Å². The number of rotatable bonds is 6. The first-order valence-corrected chi connectivity index (χ1v) is 11.6. The summed E-state index contributed by atoms with van der Waals surface area (Å²) in [4.78, 5) is 42.0. The Labute approximate surface area is 196 Å². The van der Waals surface area contributed by atoms with Crippen molar-refractivity contribution in [3.8, 4) is 0 Å². The predicted molar refractivity (Wildman–Crippen MR) is 129 cm³/mol. The van der Waals surface area contributed by atoms with Gasteiger partial charge in [-0.1, -0.05) is 24.3 Å². The molecule has 170 valence electrons. The third-order valence-corrected chi connectivity index (χ3v) is 6.34. The van der Waals surface area contributed by atoms with Gasteiger partial charge in [0, 0.05) is 37.6 Å². The Balaban J connectivity index is 1.27. The van der Waals surface area contributed by atoms with Gasteiger partial charge in [0.15, 0.2) is 6.10 Å². The van der Waals surface area contributed by atoms with Gasteiger partial charge in [-0.25, -0.2) is 4.79 Å². The second-order valence-electron chi connectivity index (χ2n) is 7.70. The highest BCUT2D eigenvalue weighted by molar-refractivity contribution is 7.12. The zero-order valence-electron chi connectivity index (χ0n) is 18.3. The number of para-hydroxylation sites is 1. The van der Waals surface area contributed by atoms with E-state index < -0.39 is 12.1 Å². The lowest BCUT2D eigenvalue weighted by molar-refractivity contribution is -0.140. The van der Waals surface area contributed by atoms with Gasteiger partial charge in [0.05, 0.1) is 10.4 Å². The number of ether oxygens (including phenoxy) is 1. The molecule has 4 rings (SSSR count). The van der Waals surface area contributed by atoms with E-state index in [1.165, 1.54) is 11.3 Å². The summed E-state index contributed by atoms with van der Waals surface area (Å²) >= 11 is 1.35. The monoisotopic (exact) mass is 463 g/mol. The van der Waals surface area contributed by atoms with Crippen LogP contribution in [0.25, 0.3) is 0 Å². The van der Waals surface area contributed by atoms with E-state index in [1.807, 2.05) is 29.6 Å². The van der Waals surface area contributed by atoms with Crippen LogP contribution in [0.3, 0.4) is 0 Å². The summed E-state index contributed by atoms with van der Waals surface area (Å²) in [5.41, 5.74) is 2.03. The van der Waals surface area contributed by atoms with Gasteiger partial charge in [-0.05, 0) is 54.8 Å². The number of carbonyl (C=O) groups is 3. The first-order valence-electron chi connectivity index (χ1n) is 10.8. The van der Waals surface area contributed by atoms with Crippen molar-refractivity contribution >= 4 is 40.5 Å². The minimum absolute atomic E-state index is 0.198. The number of piperazine rings is 1. The van der Waals surface area contributed by atoms with E-state index in [0.717, 1.165) is 18.8 Å². The lowest BCUT2D eigenvalue weighted by atomic mass is 10.2. The number of thiophene rings is 1. The fourth-order valence-corrected chi connectivity index (χ4v) is 4.27. The van der Waals surface area contributed by atoms with E-state index in [-0.39, 0.29) is 11.8 Å². The molecular formula is C25H25N3O4S. The van der Waals surface area contributed by atoms with Crippen molar-refractivity contribution in [3.63, 3.8) is 0 Å². The number of amides is 2. The molecule has 1 aliphatic heterocycles. The van der Waals surface area contributed by atoms with E-state index in [0.29, 0.717) is 29.2 Å². The Morgan fingerprint density at radius 2 is 1.61 bits per heavy atom. The number of anilines is 2. The van der Waals surface area contributed by atoms with E-state index in [4.69, 9.17) is 4.74 Å². The first kappa shape index (κ1) is 22.5. The molecule has 1 fully saturated rings. The van der Waals surface area contributed by atoms with Crippen LogP contribution in [0, 0.1) is 0 Å². The Bertz CT molecular complexity index is 1090. The number of esters is 1. The van der Waals surface area contributed by atoms with E-state index in [2.05, 4.69) is 22.3 Å². The Morgan fingerprint density at radius 1 is 0.909 bits per heavy atom. The summed E-state index contributed by atoms with van der Waals surface area (Å²) < 4.78 is 5.41. The summed E-state index contributed by atoms with van der Waals surface area (Å²) in [6.45, 7) is 4.21. The van der Waals surface area contributed by atoms with Crippen LogP contribution in [-0.2, 0) is 9.53 Å². The van der Waals surface area contributed by atoms with Crippen molar-refractivity contribution in [1.29, 1.82) is 0 Å². The molecule has 1 N–H and O–H groups in total. The van der Waals surface area contributed by atoms with Gasteiger partial charge in [0.25, 0.3) is 11.8 Å². The predicted octanol–water partition coefficient (Wildman–Crippen LogP) is 3.89. The molecule has 2 amide bonds. The normalized spacial score (nSPS) is 14.5. The summed E-state index contributed by atoms with van der Waals surface area (Å²) in [5.74, 6) is -0.974. The van der Waals surface area contributed by atoms with E-state index >= 15 is 0 Å². The quantitative estimate of drug-likeness (QED) is 0.561. The van der Waals surface area contributed by atoms with Crippen LogP contribution in [0.15, 0.2) is 72.1 Å². The standard InChI is InChI=1S/C25H25N3O4S/c1-18(24(30)28-15-13-27(14-16-28)21-6-3-2-4-7-21)32-25(31)19-9-11-20(12-10-19)26-23(29)22-8-5-17-33-22/h2-12,17-18H,13-16H2,1H3,(H,26,29). The van der Waals surface area contributed by atoms with Crippen LogP contribution in [0.4, 0.5) is 11.4 Å². The van der Waals surface area contributed by atoms with E-state index in [1.54, 1.807) is 42.2 Å². The molecule has 1 aliphatic rings. The molecule has 0 bridgehead atoms. The lowest BCUT2D eigenvalue weighted by Gasteiger charge is -2.37. The highest BCUT2D eigenvalue weighted by Gasteiger charge is 2.27. The highest BCUT2D eigenvalue weighted by Crippen LogP contribution is 2.18. The number of benzene rings is 2. The average molecular weight is 464 g/mol. The first-order chi connectivity index (χ1) is 16.0. The molecule has 0 aliphatic carbocycles. The van der Waals surface area contributed by atoms with Crippen molar-refractivity contribution in [3.05, 3.63) is 82.6 Å². The van der Waals surface area contributed by atoms with Crippen LogP contribution in [-0.4, -0.2) is 55.0 Å². The Hall–Kier alpha value is -3.65. The summed E-state index contributed by atoms with van der Waals surface area (Å²) in [6.07, 6.45) is -0.876. The molecule has 1 saturated heterocycles. The maximum atomic E-state index is 12.8. The Morgan fingerprint density at radius 3 is 2.24 bits per heavy atom. The van der Waals surface area contributed by atoms with Crippen LogP contribution >= 0.6 is 11.3 Å². The number of carbonyl (C=O) groups excluding carboxylic acids is 3. The van der Waals surface area contributed by atoms with Gasteiger partial charge >= 0.3 is 5.97 Å². The summed E-state index contributed by atoms with van der Waals surface area (Å²) in [6, 6.07) is 20.1. The van der Waals surface area contributed by atoms with Crippen LogP contribution < -0.4 is 10.2 Å². The zero-order valence-corrected chi connectivity index (χ0v) is 19.1. The lowest BCUT2D eigenvalue weighted by Crippen LogP contribution is -2.51. The minimum atomic E-state index is -0.876. The molecule has 2 heterocycles. The maximum Gasteiger partial charge on any atom is 0.338 e. The van der Waals surface area contributed by atoms with Crippen molar-refractivity contribution in [2.45, 2.75) is 13.0 Å². The number of nitrogens with one attached hydrogen (secondary N) is 1. The third kappa shape index (κ3) is 5.59. The molecule has 2 aromatic carbocycles. The number of nitrogens with zero attached hydrogens (tertiary/aromatic N) is 2. The molecular weight excluding hydrogens is 438 g/mol. The SMILES string of the molecule is CC(OC(=O)c1ccc(NC(=O)c2cccs2)cc1)C(=O)N1CCN(c2ccccc2)CC1. The molecule has 3 aromatic rings. The topological polar surface area (TPSA) is 78.9 Å². The molecule has 8 heteroatoms. The van der Waals surface area contributed by atoms with Crippen LogP contribution in [0.1, 0.15) is 27.0 Å². The summed E-state index contributed by atoms with van der Waals surface area (Å²) in [5, 5.41) is 4.62. The molecule has 1 unspecified atom stereocenters. The highest BCUT2D eigenvalue weighted by atomic mass is 32.1. The van der Waals surface area contributed by atoms with Crippen molar-refractivity contribution < 1.29 is 19.1 Å². The fourth-order valence-electron chi connectivity index (χ4n) is 3.65. The van der Waals surface area contributed by atoms with Gasteiger partial charge in [-0.3, -0.25) is 9.59 Å². The second kappa shape index (κ2) is 10.3. The second-order valence-corrected chi connectivity index (χ2v) is 8.65. The van der Waals surface area contributed by atoms with Crippen LogP contribution in [0.2, 0.25) is 0 Å². The summed E-state index contributed by atoms with van der Waals surface area (Å²) in [7, 11) is 0. The smallest absolute Gasteiger partial charge is 0.338 e. The van der Waals surface area contributed by atoms with E-state index in [9.17, 15) is 14.4 Å². The van der Waals surface area contributed by atoms with Crippen molar-refractivity contribution in [2.24, 2.45) is 0 Å². The molecule has 1 atom stereocenters. The minimum Gasteiger partial charge on any atom is -0.449 e.